The normalized spacial score (nSPS) is 22.5. The molecule has 0 amide bonds. The van der Waals surface area contributed by atoms with E-state index < -0.39 is 0 Å². The van der Waals surface area contributed by atoms with Gasteiger partial charge in [-0.3, -0.25) is 4.79 Å². The van der Waals surface area contributed by atoms with Gasteiger partial charge in [0.15, 0.2) is 0 Å². The minimum Gasteiger partial charge on any atom is -0.494 e. The first-order valence-corrected chi connectivity index (χ1v) is 12.1. The van der Waals surface area contributed by atoms with E-state index in [0.717, 1.165) is 37.9 Å². The number of hydrogen-bond acceptors (Lipinski definition) is 2. The molecule has 5 rings (SSSR count). The zero-order chi connectivity index (χ0) is 21.9. The van der Waals surface area contributed by atoms with Crippen molar-refractivity contribution in [3.05, 3.63) is 101 Å². The van der Waals surface area contributed by atoms with Crippen LogP contribution in [0.5, 0.6) is 5.75 Å². The van der Waals surface area contributed by atoms with Crippen LogP contribution in [0.4, 0.5) is 0 Å². The number of aryl methyl sites for hydroxylation is 2. The van der Waals surface area contributed by atoms with Gasteiger partial charge >= 0.3 is 0 Å². The molecule has 32 heavy (non-hydrogen) atoms. The third-order valence-corrected chi connectivity index (χ3v) is 7.37. The summed E-state index contributed by atoms with van der Waals surface area (Å²) >= 11 is 0. The molecule has 3 aromatic carbocycles. The van der Waals surface area contributed by atoms with Gasteiger partial charge in [-0.15, -0.1) is 0 Å². The van der Waals surface area contributed by atoms with Gasteiger partial charge in [-0.1, -0.05) is 66.2 Å². The second kappa shape index (κ2) is 9.32. The number of benzene rings is 3. The van der Waals surface area contributed by atoms with Gasteiger partial charge in [0.1, 0.15) is 11.5 Å². The van der Waals surface area contributed by atoms with Crippen LogP contribution in [0.3, 0.4) is 0 Å². The van der Waals surface area contributed by atoms with E-state index >= 15 is 0 Å². The van der Waals surface area contributed by atoms with Crippen molar-refractivity contribution in [1.29, 1.82) is 0 Å². The Balaban J connectivity index is 1.36. The van der Waals surface area contributed by atoms with Crippen LogP contribution < -0.4 is 4.74 Å². The highest BCUT2D eigenvalue weighted by molar-refractivity contribution is 5.80. The Labute approximate surface area is 191 Å². The van der Waals surface area contributed by atoms with Crippen molar-refractivity contribution < 1.29 is 9.53 Å². The quantitative estimate of drug-likeness (QED) is 0.426. The molecular weight excluding hydrogens is 392 g/mol. The Kier molecular flexibility index (Phi) is 6.12. The predicted octanol–water partition coefficient (Wildman–Crippen LogP) is 7.00. The molecule has 0 bridgehead atoms. The molecule has 0 radical (unpaired) electrons. The van der Waals surface area contributed by atoms with E-state index in [1.807, 2.05) is 0 Å². The molecule has 0 saturated heterocycles. The maximum atomic E-state index is 11.5. The fraction of sp³-hybridized carbons (Fsp3) is 0.367. The first-order valence-electron chi connectivity index (χ1n) is 12.1. The molecule has 2 heteroatoms. The molecule has 2 aliphatic rings. The molecule has 3 atom stereocenters. The molecule has 1 saturated carbocycles. The minimum atomic E-state index is 0.361. The largest absolute Gasteiger partial charge is 0.494 e. The monoisotopic (exact) mass is 424 g/mol. The SMILES string of the molecule is Cc1ccc2c(c1)CC[C@H](c1ccccc1)[C@@H]2c1ccc(OCCC2CCC(=O)C2)cc1. The van der Waals surface area contributed by atoms with Gasteiger partial charge in [0, 0.05) is 18.8 Å². The third kappa shape index (κ3) is 4.50. The summed E-state index contributed by atoms with van der Waals surface area (Å²) in [5, 5.41) is 0. The molecule has 3 aromatic rings. The summed E-state index contributed by atoms with van der Waals surface area (Å²) in [5.74, 6) is 2.69. The van der Waals surface area contributed by atoms with Crippen LogP contribution in [0, 0.1) is 12.8 Å². The van der Waals surface area contributed by atoms with E-state index in [2.05, 4.69) is 79.7 Å². The van der Waals surface area contributed by atoms with Gasteiger partial charge in [-0.2, -0.15) is 0 Å². The second-order valence-electron chi connectivity index (χ2n) is 9.59. The number of fused-ring (bicyclic) bond motifs is 1. The van der Waals surface area contributed by atoms with Crippen molar-refractivity contribution in [3.8, 4) is 5.75 Å². The van der Waals surface area contributed by atoms with Crippen LogP contribution in [0.1, 0.15) is 71.8 Å². The van der Waals surface area contributed by atoms with Crippen molar-refractivity contribution in [2.45, 2.75) is 57.3 Å². The fourth-order valence-corrected chi connectivity index (χ4v) is 5.67. The van der Waals surface area contributed by atoms with Crippen LogP contribution in [-0.2, 0) is 11.2 Å². The van der Waals surface area contributed by atoms with Gasteiger partial charge in [-0.05, 0) is 78.8 Å². The molecule has 0 spiro atoms. The van der Waals surface area contributed by atoms with E-state index in [0.29, 0.717) is 30.1 Å². The number of carbonyl (C=O) groups excluding carboxylic acids is 1. The van der Waals surface area contributed by atoms with Gasteiger partial charge in [0.05, 0.1) is 6.61 Å². The van der Waals surface area contributed by atoms with Gasteiger partial charge < -0.3 is 4.74 Å². The molecule has 0 N–H and O–H groups in total. The van der Waals surface area contributed by atoms with Crippen LogP contribution in [0.25, 0.3) is 0 Å². The number of Topliss-reactive ketones (excluding diaryl/α,β-unsaturated/α-hetero) is 1. The van der Waals surface area contributed by atoms with Crippen molar-refractivity contribution in [3.63, 3.8) is 0 Å². The number of hydrogen-bond donors (Lipinski definition) is 0. The van der Waals surface area contributed by atoms with Crippen LogP contribution in [-0.4, -0.2) is 12.4 Å². The van der Waals surface area contributed by atoms with Crippen molar-refractivity contribution in [2.75, 3.05) is 6.61 Å². The first-order chi connectivity index (χ1) is 15.7. The number of ether oxygens (including phenoxy) is 1. The summed E-state index contributed by atoms with van der Waals surface area (Å²) < 4.78 is 6.03. The van der Waals surface area contributed by atoms with E-state index in [9.17, 15) is 4.79 Å². The van der Waals surface area contributed by atoms with Crippen molar-refractivity contribution in [1.82, 2.24) is 0 Å². The Morgan fingerprint density at radius 1 is 0.875 bits per heavy atom. The van der Waals surface area contributed by atoms with E-state index in [4.69, 9.17) is 4.74 Å². The molecule has 0 aliphatic heterocycles. The molecule has 164 valence electrons. The summed E-state index contributed by atoms with van der Waals surface area (Å²) in [7, 11) is 0. The zero-order valence-electron chi connectivity index (χ0n) is 18.9. The summed E-state index contributed by atoms with van der Waals surface area (Å²) in [4.78, 5) is 11.5. The lowest BCUT2D eigenvalue weighted by Gasteiger charge is -2.35. The van der Waals surface area contributed by atoms with Crippen molar-refractivity contribution in [2.24, 2.45) is 5.92 Å². The summed E-state index contributed by atoms with van der Waals surface area (Å²) in [5.41, 5.74) is 7.09. The highest BCUT2D eigenvalue weighted by atomic mass is 16.5. The number of carbonyl (C=O) groups is 1. The summed E-state index contributed by atoms with van der Waals surface area (Å²) in [6.07, 6.45) is 5.80. The van der Waals surface area contributed by atoms with Gasteiger partial charge in [0.25, 0.3) is 0 Å². The maximum absolute atomic E-state index is 11.5. The molecule has 1 unspecified atom stereocenters. The highest BCUT2D eigenvalue weighted by Crippen LogP contribution is 2.46. The van der Waals surface area contributed by atoms with E-state index in [1.54, 1.807) is 0 Å². The molecule has 2 nitrogen and oxygen atoms in total. The molecule has 0 aromatic heterocycles. The smallest absolute Gasteiger partial charge is 0.133 e. The Morgan fingerprint density at radius 2 is 1.69 bits per heavy atom. The van der Waals surface area contributed by atoms with E-state index in [1.165, 1.54) is 34.2 Å². The Bertz CT molecular complexity index is 1070. The summed E-state index contributed by atoms with van der Waals surface area (Å²) in [6, 6.07) is 26.7. The molecule has 0 heterocycles. The Hall–Kier alpha value is -2.87. The lowest BCUT2D eigenvalue weighted by Crippen LogP contribution is -2.20. The molecule has 2 aliphatic carbocycles. The number of ketones is 1. The van der Waals surface area contributed by atoms with Crippen molar-refractivity contribution >= 4 is 5.78 Å². The van der Waals surface area contributed by atoms with E-state index in [-0.39, 0.29) is 0 Å². The lowest BCUT2D eigenvalue weighted by atomic mass is 9.69. The van der Waals surface area contributed by atoms with Crippen LogP contribution >= 0.6 is 0 Å². The molecule has 1 fully saturated rings. The third-order valence-electron chi connectivity index (χ3n) is 7.37. The highest BCUT2D eigenvalue weighted by Gasteiger charge is 2.32. The summed E-state index contributed by atoms with van der Waals surface area (Å²) in [6.45, 7) is 2.88. The minimum absolute atomic E-state index is 0.361. The predicted molar refractivity (Wildman–Crippen MR) is 129 cm³/mol. The molecular formula is C30H32O2. The van der Waals surface area contributed by atoms with Gasteiger partial charge in [-0.25, -0.2) is 0 Å². The number of rotatable bonds is 6. The Morgan fingerprint density at radius 3 is 2.44 bits per heavy atom. The van der Waals surface area contributed by atoms with Gasteiger partial charge in [0.2, 0.25) is 0 Å². The average Bonchev–Trinajstić information content (AvgIpc) is 3.24. The topological polar surface area (TPSA) is 26.3 Å². The standard InChI is InChI=1S/C30H32O2/c1-21-7-15-29-25(19-21)11-16-28(23-5-3-2-4-6-23)30(29)24-9-13-27(14-10-24)32-18-17-22-8-12-26(31)20-22/h2-7,9-10,13-15,19,22,28,30H,8,11-12,16-18,20H2,1H3/t22?,28-,30+/m1/s1. The second-order valence-corrected chi connectivity index (χ2v) is 9.59. The lowest BCUT2D eigenvalue weighted by molar-refractivity contribution is -0.117. The zero-order valence-corrected chi connectivity index (χ0v) is 18.9. The maximum Gasteiger partial charge on any atom is 0.133 e. The van der Waals surface area contributed by atoms with Crippen LogP contribution in [0.2, 0.25) is 0 Å². The fourth-order valence-electron chi connectivity index (χ4n) is 5.67. The van der Waals surface area contributed by atoms with Crippen LogP contribution in [0.15, 0.2) is 72.8 Å². The first kappa shape index (κ1) is 21.0. The average molecular weight is 425 g/mol.